The highest BCUT2D eigenvalue weighted by Crippen LogP contribution is 2.24. The Kier molecular flexibility index (Phi) is 7.33. The molecule has 1 aromatic heterocycles. The standard InChI is InChI=1S/C24H17BrCl2FN3O2/c25-17-7-9-18(10-8-17)33-14-15-3-1-4-16(11-15)24(32)29-23-21(27)13-31(30-23)12-19-20(26)5-2-6-22(19)28/h1-11,13H,12,14H2,(H,29,30,32). The maximum atomic E-state index is 14.1. The zero-order valence-corrected chi connectivity index (χ0v) is 20.2. The molecule has 0 saturated heterocycles. The number of rotatable bonds is 7. The minimum atomic E-state index is -0.443. The fourth-order valence-electron chi connectivity index (χ4n) is 3.09. The summed E-state index contributed by atoms with van der Waals surface area (Å²) < 4.78 is 22.2. The van der Waals surface area contributed by atoms with Crippen LogP contribution in [0.15, 0.2) is 77.4 Å². The third kappa shape index (κ3) is 5.93. The molecule has 4 aromatic rings. The first-order chi connectivity index (χ1) is 15.9. The summed E-state index contributed by atoms with van der Waals surface area (Å²) in [6.07, 6.45) is 1.50. The van der Waals surface area contributed by atoms with Crippen molar-refractivity contribution in [3.8, 4) is 5.75 Å². The summed E-state index contributed by atoms with van der Waals surface area (Å²) in [6.45, 7) is 0.380. The van der Waals surface area contributed by atoms with Gasteiger partial charge in [0, 0.05) is 26.8 Å². The summed E-state index contributed by atoms with van der Waals surface area (Å²) in [7, 11) is 0. The molecule has 0 unspecified atom stereocenters. The van der Waals surface area contributed by atoms with E-state index < -0.39 is 5.82 Å². The molecule has 0 aliphatic carbocycles. The number of aromatic nitrogens is 2. The quantitative estimate of drug-likeness (QED) is 0.271. The van der Waals surface area contributed by atoms with E-state index in [0.717, 1.165) is 15.8 Å². The minimum absolute atomic E-state index is 0.0734. The van der Waals surface area contributed by atoms with Gasteiger partial charge in [0.05, 0.1) is 6.54 Å². The Hall–Kier alpha value is -2.87. The molecule has 33 heavy (non-hydrogen) atoms. The molecule has 5 nitrogen and oxygen atoms in total. The highest BCUT2D eigenvalue weighted by molar-refractivity contribution is 9.10. The maximum absolute atomic E-state index is 14.1. The number of amides is 1. The van der Waals surface area contributed by atoms with Gasteiger partial charge in [-0.15, -0.1) is 0 Å². The van der Waals surface area contributed by atoms with Gasteiger partial charge >= 0.3 is 0 Å². The molecule has 0 spiro atoms. The van der Waals surface area contributed by atoms with Gasteiger partial charge in [0.15, 0.2) is 5.82 Å². The average Bonchev–Trinajstić information content (AvgIpc) is 3.15. The Morgan fingerprint density at radius 2 is 1.82 bits per heavy atom. The second-order valence-corrected chi connectivity index (χ2v) is 8.85. The molecule has 0 aliphatic rings. The highest BCUT2D eigenvalue weighted by Gasteiger charge is 2.15. The number of nitrogens with zero attached hydrogens (tertiary/aromatic N) is 2. The number of carbonyl (C=O) groups excluding carboxylic acids is 1. The van der Waals surface area contributed by atoms with Gasteiger partial charge < -0.3 is 10.1 Å². The van der Waals surface area contributed by atoms with Gasteiger partial charge in [-0.2, -0.15) is 5.10 Å². The van der Waals surface area contributed by atoms with Crippen molar-refractivity contribution in [1.29, 1.82) is 0 Å². The molecular weight excluding hydrogens is 532 g/mol. The summed E-state index contributed by atoms with van der Waals surface area (Å²) in [5.74, 6) is 0.0735. The molecule has 9 heteroatoms. The second-order valence-electron chi connectivity index (χ2n) is 7.12. The number of halogens is 4. The zero-order chi connectivity index (χ0) is 23.4. The van der Waals surface area contributed by atoms with Crippen LogP contribution < -0.4 is 10.1 Å². The third-order valence-electron chi connectivity index (χ3n) is 4.74. The van der Waals surface area contributed by atoms with Crippen molar-refractivity contribution in [3.63, 3.8) is 0 Å². The lowest BCUT2D eigenvalue weighted by Gasteiger charge is -2.08. The van der Waals surface area contributed by atoms with E-state index >= 15 is 0 Å². The first-order valence-corrected chi connectivity index (χ1v) is 11.4. The van der Waals surface area contributed by atoms with Crippen LogP contribution >= 0.6 is 39.1 Å². The van der Waals surface area contributed by atoms with Crippen LogP contribution in [0.2, 0.25) is 10.0 Å². The molecule has 1 heterocycles. The molecular formula is C24H17BrCl2FN3O2. The summed E-state index contributed by atoms with van der Waals surface area (Å²) in [4.78, 5) is 12.8. The van der Waals surface area contributed by atoms with E-state index in [0.29, 0.717) is 12.2 Å². The van der Waals surface area contributed by atoms with Crippen LogP contribution in [0.25, 0.3) is 0 Å². The number of benzene rings is 3. The van der Waals surface area contributed by atoms with Crippen LogP contribution in [-0.4, -0.2) is 15.7 Å². The Labute approximate surface area is 208 Å². The van der Waals surface area contributed by atoms with Crippen LogP contribution in [0.3, 0.4) is 0 Å². The number of anilines is 1. The summed E-state index contributed by atoms with van der Waals surface area (Å²) in [5.41, 5.74) is 1.54. The average molecular weight is 549 g/mol. The summed E-state index contributed by atoms with van der Waals surface area (Å²) in [6, 6.07) is 19.0. The van der Waals surface area contributed by atoms with Crippen molar-refractivity contribution in [1.82, 2.24) is 9.78 Å². The summed E-state index contributed by atoms with van der Waals surface area (Å²) >= 11 is 15.7. The Balaban J connectivity index is 1.43. The first kappa shape index (κ1) is 23.3. The first-order valence-electron chi connectivity index (χ1n) is 9.83. The molecule has 0 radical (unpaired) electrons. The third-order valence-corrected chi connectivity index (χ3v) is 5.90. The fourth-order valence-corrected chi connectivity index (χ4v) is 3.77. The fraction of sp³-hybridized carbons (Fsp3) is 0.0833. The number of carbonyl (C=O) groups is 1. The van der Waals surface area contributed by atoms with Gasteiger partial charge in [0.25, 0.3) is 5.91 Å². The summed E-state index contributed by atoms with van der Waals surface area (Å²) in [5, 5.41) is 7.46. The van der Waals surface area contributed by atoms with E-state index in [1.54, 1.807) is 24.3 Å². The predicted octanol–water partition coefficient (Wildman–Crippen LogP) is 6.97. The van der Waals surface area contributed by atoms with E-state index in [2.05, 4.69) is 26.3 Å². The van der Waals surface area contributed by atoms with Crippen molar-refractivity contribution >= 4 is 50.9 Å². The van der Waals surface area contributed by atoms with Crippen LogP contribution in [0, 0.1) is 5.82 Å². The molecule has 0 saturated carbocycles. The SMILES string of the molecule is O=C(Nc1nn(Cc2c(F)cccc2Cl)cc1Cl)c1cccc(COc2ccc(Br)cc2)c1. The van der Waals surface area contributed by atoms with Gasteiger partial charge in [0.1, 0.15) is 23.2 Å². The Morgan fingerprint density at radius 1 is 1.06 bits per heavy atom. The minimum Gasteiger partial charge on any atom is -0.489 e. The molecule has 0 atom stereocenters. The number of hydrogen-bond acceptors (Lipinski definition) is 3. The lowest BCUT2D eigenvalue weighted by Crippen LogP contribution is -2.14. The zero-order valence-electron chi connectivity index (χ0n) is 17.1. The maximum Gasteiger partial charge on any atom is 0.256 e. The van der Waals surface area contributed by atoms with Gasteiger partial charge in [-0.3, -0.25) is 9.48 Å². The Morgan fingerprint density at radius 3 is 2.58 bits per heavy atom. The predicted molar refractivity (Wildman–Crippen MR) is 131 cm³/mol. The molecule has 0 fully saturated rings. The van der Waals surface area contributed by atoms with Crippen molar-refractivity contribution in [2.75, 3.05) is 5.32 Å². The van der Waals surface area contributed by atoms with Crippen molar-refractivity contribution in [2.24, 2.45) is 0 Å². The van der Waals surface area contributed by atoms with Gasteiger partial charge in [0.2, 0.25) is 0 Å². The molecule has 4 rings (SSSR count). The molecule has 3 aromatic carbocycles. The molecule has 1 amide bonds. The lowest BCUT2D eigenvalue weighted by molar-refractivity contribution is 0.102. The number of hydrogen-bond donors (Lipinski definition) is 1. The Bertz CT molecular complexity index is 1280. The second kappa shape index (κ2) is 10.4. The normalized spacial score (nSPS) is 10.8. The van der Waals surface area contributed by atoms with Crippen LogP contribution in [-0.2, 0) is 13.2 Å². The van der Waals surface area contributed by atoms with Gasteiger partial charge in [-0.1, -0.05) is 57.3 Å². The highest BCUT2D eigenvalue weighted by atomic mass is 79.9. The number of ether oxygens (including phenoxy) is 1. The van der Waals surface area contributed by atoms with Crippen molar-refractivity contribution in [3.05, 3.63) is 110 Å². The largest absolute Gasteiger partial charge is 0.489 e. The topological polar surface area (TPSA) is 56.2 Å². The lowest BCUT2D eigenvalue weighted by atomic mass is 10.1. The van der Waals surface area contributed by atoms with Crippen molar-refractivity contribution < 1.29 is 13.9 Å². The molecule has 1 N–H and O–H groups in total. The molecule has 0 aliphatic heterocycles. The van der Waals surface area contributed by atoms with E-state index in [9.17, 15) is 9.18 Å². The van der Waals surface area contributed by atoms with E-state index in [4.69, 9.17) is 27.9 Å². The van der Waals surface area contributed by atoms with Crippen molar-refractivity contribution in [2.45, 2.75) is 13.2 Å². The van der Waals surface area contributed by atoms with Gasteiger partial charge in [-0.25, -0.2) is 4.39 Å². The molecule has 168 valence electrons. The van der Waals surface area contributed by atoms with Crippen LogP contribution in [0.4, 0.5) is 10.2 Å². The monoisotopic (exact) mass is 547 g/mol. The van der Waals surface area contributed by atoms with Crippen LogP contribution in [0.1, 0.15) is 21.5 Å². The number of nitrogens with one attached hydrogen (secondary N) is 1. The van der Waals surface area contributed by atoms with E-state index in [-0.39, 0.29) is 33.9 Å². The van der Waals surface area contributed by atoms with E-state index in [1.807, 2.05) is 30.3 Å². The molecule has 0 bridgehead atoms. The smallest absolute Gasteiger partial charge is 0.256 e. The van der Waals surface area contributed by atoms with E-state index in [1.165, 1.54) is 23.0 Å². The van der Waals surface area contributed by atoms with Gasteiger partial charge in [-0.05, 0) is 54.1 Å². The van der Waals surface area contributed by atoms with Crippen LogP contribution in [0.5, 0.6) is 5.75 Å².